The summed E-state index contributed by atoms with van der Waals surface area (Å²) in [7, 11) is 1.87. The average Bonchev–Trinajstić information content (AvgIpc) is 2.91. The zero-order valence-electron chi connectivity index (χ0n) is 13.3. The first-order valence-corrected chi connectivity index (χ1v) is 8.30. The summed E-state index contributed by atoms with van der Waals surface area (Å²) < 4.78 is 5.73. The van der Waals surface area contributed by atoms with Gasteiger partial charge in [0.25, 0.3) is 0 Å². The number of nitrogens with zero attached hydrogens (tertiary/aromatic N) is 1. The zero-order valence-corrected chi connectivity index (χ0v) is 13.3. The molecule has 1 aliphatic carbocycles. The summed E-state index contributed by atoms with van der Waals surface area (Å²) in [5.74, 6) is 0. The van der Waals surface area contributed by atoms with Crippen molar-refractivity contribution in [2.24, 2.45) is 0 Å². The number of ether oxygens (including phenoxy) is 1. The van der Waals surface area contributed by atoms with Crippen LogP contribution >= 0.6 is 0 Å². The highest BCUT2D eigenvalue weighted by molar-refractivity contribution is 5.24. The number of methoxy groups -OCH3 is 1. The average molecular weight is 288 g/mol. The van der Waals surface area contributed by atoms with E-state index in [4.69, 9.17) is 4.74 Å². The molecule has 0 radical (unpaired) electrons. The van der Waals surface area contributed by atoms with Crippen molar-refractivity contribution in [1.29, 1.82) is 0 Å². The van der Waals surface area contributed by atoms with E-state index in [9.17, 15) is 0 Å². The molecule has 0 amide bonds. The summed E-state index contributed by atoms with van der Waals surface area (Å²) in [5.41, 5.74) is 1.43. The summed E-state index contributed by atoms with van der Waals surface area (Å²) in [6.45, 7) is 5.69. The van der Waals surface area contributed by atoms with Gasteiger partial charge in [-0.1, -0.05) is 30.3 Å². The molecule has 3 nitrogen and oxygen atoms in total. The Morgan fingerprint density at radius 3 is 2.76 bits per heavy atom. The first-order chi connectivity index (χ1) is 10.2. The third kappa shape index (κ3) is 3.15. The number of hydrogen-bond donors (Lipinski definition) is 1. The molecule has 1 aromatic rings. The Morgan fingerprint density at radius 1 is 1.19 bits per heavy atom. The Labute approximate surface area is 128 Å². The van der Waals surface area contributed by atoms with Crippen LogP contribution in [0.2, 0.25) is 0 Å². The lowest BCUT2D eigenvalue weighted by molar-refractivity contribution is 0.0263. The standard InChI is InChI=1S/C18H28N2O/c1-18(15-8-4-3-5-9-15)14-20(13-7-12-19-18)16-10-6-11-17(16)21-2/h3-5,8-9,16-17,19H,6-7,10-14H2,1-2H3. The smallest absolute Gasteiger partial charge is 0.0726 e. The Morgan fingerprint density at radius 2 is 2.00 bits per heavy atom. The van der Waals surface area contributed by atoms with Crippen molar-refractivity contribution in [3.8, 4) is 0 Å². The van der Waals surface area contributed by atoms with E-state index in [1.54, 1.807) is 0 Å². The van der Waals surface area contributed by atoms with Gasteiger partial charge < -0.3 is 10.1 Å². The molecule has 21 heavy (non-hydrogen) atoms. The van der Waals surface area contributed by atoms with Crippen LogP contribution < -0.4 is 5.32 Å². The fourth-order valence-corrected chi connectivity index (χ4v) is 4.07. The van der Waals surface area contributed by atoms with Crippen molar-refractivity contribution in [2.75, 3.05) is 26.7 Å². The molecule has 1 aliphatic heterocycles. The molecule has 0 aromatic heterocycles. The van der Waals surface area contributed by atoms with Crippen molar-refractivity contribution in [1.82, 2.24) is 10.2 Å². The summed E-state index contributed by atoms with van der Waals surface area (Å²) in [4.78, 5) is 2.67. The Balaban J connectivity index is 1.80. The lowest BCUT2D eigenvalue weighted by Gasteiger charge is -2.38. The van der Waals surface area contributed by atoms with Crippen LogP contribution in [0.1, 0.15) is 38.2 Å². The Kier molecular flexibility index (Phi) is 4.63. The molecule has 3 unspecified atom stereocenters. The quantitative estimate of drug-likeness (QED) is 0.925. The first-order valence-electron chi connectivity index (χ1n) is 8.30. The van der Waals surface area contributed by atoms with Gasteiger partial charge in [-0.3, -0.25) is 4.90 Å². The van der Waals surface area contributed by atoms with Crippen LogP contribution in [0.4, 0.5) is 0 Å². The monoisotopic (exact) mass is 288 g/mol. The van der Waals surface area contributed by atoms with E-state index in [1.165, 1.54) is 37.8 Å². The maximum atomic E-state index is 5.73. The predicted molar refractivity (Wildman–Crippen MR) is 86.4 cm³/mol. The van der Waals surface area contributed by atoms with Crippen molar-refractivity contribution in [3.63, 3.8) is 0 Å². The highest BCUT2D eigenvalue weighted by Crippen LogP contribution is 2.31. The van der Waals surface area contributed by atoms with Crippen LogP contribution in [0, 0.1) is 0 Å². The van der Waals surface area contributed by atoms with E-state index in [-0.39, 0.29) is 5.54 Å². The van der Waals surface area contributed by atoms with Crippen molar-refractivity contribution in [3.05, 3.63) is 35.9 Å². The molecule has 2 fully saturated rings. The molecule has 1 saturated carbocycles. The lowest BCUT2D eigenvalue weighted by Crippen LogP contribution is -2.51. The molecule has 1 N–H and O–H groups in total. The highest BCUT2D eigenvalue weighted by Gasteiger charge is 2.38. The Hall–Kier alpha value is -0.900. The van der Waals surface area contributed by atoms with E-state index in [0.717, 1.165) is 13.1 Å². The van der Waals surface area contributed by atoms with Crippen LogP contribution in [-0.4, -0.2) is 43.8 Å². The van der Waals surface area contributed by atoms with Gasteiger partial charge in [-0.25, -0.2) is 0 Å². The van der Waals surface area contributed by atoms with Gasteiger partial charge >= 0.3 is 0 Å². The Bertz CT molecular complexity index is 450. The summed E-state index contributed by atoms with van der Waals surface area (Å²) in [6.07, 6.45) is 5.43. The van der Waals surface area contributed by atoms with Gasteiger partial charge in [-0.15, -0.1) is 0 Å². The molecule has 3 rings (SSSR count). The van der Waals surface area contributed by atoms with Crippen LogP contribution in [0.15, 0.2) is 30.3 Å². The van der Waals surface area contributed by atoms with Gasteiger partial charge in [0, 0.05) is 19.7 Å². The maximum Gasteiger partial charge on any atom is 0.0726 e. The summed E-state index contributed by atoms with van der Waals surface area (Å²) >= 11 is 0. The van der Waals surface area contributed by atoms with Crippen molar-refractivity contribution < 1.29 is 4.74 Å². The summed E-state index contributed by atoms with van der Waals surface area (Å²) in [5, 5.41) is 3.78. The third-order valence-corrected chi connectivity index (χ3v) is 5.26. The van der Waals surface area contributed by atoms with E-state index in [1.807, 2.05) is 7.11 Å². The van der Waals surface area contributed by atoms with Crippen LogP contribution in [0.3, 0.4) is 0 Å². The molecule has 2 aliphatic rings. The van der Waals surface area contributed by atoms with E-state index >= 15 is 0 Å². The molecule has 1 saturated heterocycles. The minimum absolute atomic E-state index is 0.0403. The second-order valence-electron chi connectivity index (χ2n) is 6.72. The van der Waals surface area contributed by atoms with Gasteiger partial charge in [0.2, 0.25) is 0 Å². The largest absolute Gasteiger partial charge is 0.380 e. The molecule has 0 bridgehead atoms. The maximum absolute atomic E-state index is 5.73. The second-order valence-corrected chi connectivity index (χ2v) is 6.72. The lowest BCUT2D eigenvalue weighted by atomic mass is 9.91. The van der Waals surface area contributed by atoms with Gasteiger partial charge in [-0.05, 0) is 51.3 Å². The normalized spacial score (nSPS) is 34.8. The highest BCUT2D eigenvalue weighted by atomic mass is 16.5. The molecule has 1 aromatic carbocycles. The zero-order chi connectivity index (χ0) is 14.7. The number of benzene rings is 1. The van der Waals surface area contributed by atoms with E-state index in [2.05, 4.69) is 47.5 Å². The number of hydrogen-bond acceptors (Lipinski definition) is 3. The van der Waals surface area contributed by atoms with Crippen LogP contribution in [-0.2, 0) is 10.3 Å². The van der Waals surface area contributed by atoms with E-state index in [0.29, 0.717) is 12.1 Å². The van der Waals surface area contributed by atoms with Gasteiger partial charge in [0.1, 0.15) is 0 Å². The van der Waals surface area contributed by atoms with E-state index < -0.39 is 0 Å². The molecule has 3 atom stereocenters. The van der Waals surface area contributed by atoms with Crippen LogP contribution in [0.25, 0.3) is 0 Å². The minimum atomic E-state index is 0.0403. The molecule has 1 heterocycles. The summed E-state index contributed by atoms with van der Waals surface area (Å²) in [6, 6.07) is 11.5. The molecule has 0 spiro atoms. The molecular formula is C18H28N2O. The number of rotatable bonds is 3. The SMILES string of the molecule is COC1CCCC1N1CCCNC(C)(c2ccccc2)C1. The second kappa shape index (κ2) is 6.47. The molecular weight excluding hydrogens is 260 g/mol. The van der Waals surface area contributed by atoms with Crippen molar-refractivity contribution in [2.45, 2.75) is 50.3 Å². The topological polar surface area (TPSA) is 24.5 Å². The van der Waals surface area contributed by atoms with Gasteiger partial charge in [0.15, 0.2) is 0 Å². The van der Waals surface area contributed by atoms with Crippen molar-refractivity contribution >= 4 is 0 Å². The number of nitrogens with one attached hydrogen (secondary N) is 1. The fraction of sp³-hybridized carbons (Fsp3) is 0.667. The minimum Gasteiger partial charge on any atom is -0.380 e. The van der Waals surface area contributed by atoms with Crippen LogP contribution in [0.5, 0.6) is 0 Å². The fourth-order valence-electron chi connectivity index (χ4n) is 4.07. The predicted octanol–water partition coefficient (Wildman–Crippen LogP) is 2.76. The third-order valence-electron chi connectivity index (χ3n) is 5.26. The first kappa shape index (κ1) is 15.0. The molecule has 116 valence electrons. The molecule has 3 heteroatoms. The van der Waals surface area contributed by atoms with Gasteiger partial charge in [0.05, 0.1) is 11.6 Å². The van der Waals surface area contributed by atoms with Gasteiger partial charge in [-0.2, -0.15) is 0 Å².